The zero-order valence-corrected chi connectivity index (χ0v) is 13.5. The number of aromatic nitrogens is 1. The van der Waals surface area contributed by atoms with Crippen LogP contribution in [0.3, 0.4) is 0 Å². The Labute approximate surface area is 142 Å². The minimum absolute atomic E-state index is 0.200. The second-order valence-electron chi connectivity index (χ2n) is 4.89. The molecule has 0 unspecified atom stereocenters. The lowest BCUT2D eigenvalue weighted by atomic mass is 10.2. The van der Waals surface area contributed by atoms with E-state index in [9.17, 15) is 9.59 Å². The van der Waals surface area contributed by atoms with Crippen molar-refractivity contribution < 1.29 is 14.3 Å². The molecule has 0 aliphatic carbocycles. The van der Waals surface area contributed by atoms with Gasteiger partial charge in [-0.2, -0.15) is 0 Å². The first-order valence-electron chi connectivity index (χ1n) is 7.25. The highest BCUT2D eigenvalue weighted by Crippen LogP contribution is 2.23. The molecule has 0 bridgehead atoms. The normalized spacial score (nSPS) is 10.2. The van der Waals surface area contributed by atoms with E-state index in [4.69, 9.17) is 4.74 Å². The average Bonchev–Trinajstić information content (AvgIpc) is 3.11. The van der Waals surface area contributed by atoms with E-state index in [0.29, 0.717) is 5.69 Å². The minimum atomic E-state index is -0.614. The van der Waals surface area contributed by atoms with Crippen molar-refractivity contribution in [2.24, 2.45) is 0 Å². The summed E-state index contributed by atoms with van der Waals surface area (Å²) in [5, 5.41) is 5.00. The van der Waals surface area contributed by atoms with Crippen LogP contribution in [0.15, 0.2) is 66.0 Å². The number of nitrogens with zero attached hydrogens (tertiary/aromatic N) is 1. The SMILES string of the molecule is O=C(COC(=O)c1csc(-c2ccccc2)n1)Nc1ccccc1. The number of hydrogen-bond donors (Lipinski definition) is 1. The standard InChI is InChI=1S/C18H14N2O3S/c21-16(19-14-9-5-2-6-10-14)11-23-18(22)15-12-24-17(20-15)13-7-3-1-4-8-13/h1-10,12H,11H2,(H,19,21). The first-order chi connectivity index (χ1) is 11.7. The van der Waals surface area contributed by atoms with E-state index >= 15 is 0 Å². The van der Waals surface area contributed by atoms with E-state index in [-0.39, 0.29) is 12.3 Å². The van der Waals surface area contributed by atoms with Crippen LogP contribution in [0.25, 0.3) is 10.6 Å². The van der Waals surface area contributed by atoms with E-state index in [2.05, 4.69) is 10.3 Å². The van der Waals surface area contributed by atoms with E-state index < -0.39 is 11.9 Å². The Morgan fingerprint density at radius 3 is 2.38 bits per heavy atom. The molecule has 1 aromatic heterocycles. The molecule has 0 atom stereocenters. The van der Waals surface area contributed by atoms with Gasteiger partial charge in [-0.3, -0.25) is 4.79 Å². The minimum Gasteiger partial charge on any atom is -0.451 e. The number of carbonyl (C=O) groups excluding carboxylic acids is 2. The largest absolute Gasteiger partial charge is 0.451 e. The van der Waals surface area contributed by atoms with Crippen LogP contribution in [0.4, 0.5) is 5.69 Å². The van der Waals surface area contributed by atoms with Crippen LogP contribution in [0.2, 0.25) is 0 Å². The van der Waals surface area contributed by atoms with Gasteiger partial charge in [-0.25, -0.2) is 9.78 Å². The zero-order valence-electron chi connectivity index (χ0n) is 12.6. The van der Waals surface area contributed by atoms with Gasteiger partial charge in [0.25, 0.3) is 5.91 Å². The van der Waals surface area contributed by atoms with Crippen molar-refractivity contribution in [1.29, 1.82) is 0 Å². The fraction of sp³-hybridized carbons (Fsp3) is 0.0556. The summed E-state index contributed by atoms with van der Waals surface area (Å²) in [6.45, 7) is -0.355. The predicted octanol–water partition coefficient (Wildman–Crippen LogP) is 3.61. The van der Waals surface area contributed by atoms with Crippen LogP contribution >= 0.6 is 11.3 Å². The van der Waals surface area contributed by atoms with Crippen molar-refractivity contribution >= 4 is 28.9 Å². The molecule has 3 aromatic rings. The van der Waals surface area contributed by atoms with Crippen LogP contribution in [0, 0.1) is 0 Å². The molecule has 0 radical (unpaired) electrons. The Morgan fingerprint density at radius 1 is 1.00 bits per heavy atom. The summed E-state index contributed by atoms with van der Waals surface area (Å²) in [7, 11) is 0. The maximum absolute atomic E-state index is 12.0. The van der Waals surface area contributed by atoms with Crippen LogP contribution in [-0.2, 0) is 9.53 Å². The fourth-order valence-electron chi connectivity index (χ4n) is 2.00. The highest BCUT2D eigenvalue weighted by molar-refractivity contribution is 7.13. The Hall–Kier alpha value is -2.99. The van der Waals surface area contributed by atoms with Gasteiger partial charge in [0.2, 0.25) is 0 Å². The van der Waals surface area contributed by atoms with Crippen LogP contribution < -0.4 is 5.32 Å². The van der Waals surface area contributed by atoms with Crippen LogP contribution in [0.1, 0.15) is 10.5 Å². The summed E-state index contributed by atoms with van der Waals surface area (Å²) in [6, 6.07) is 18.5. The molecule has 0 aliphatic heterocycles. The van der Waals surface area contributed by atoms with Gasteiger partial charge in [0.1, 0.15) is 5.01 Å². The molecule has 0 aliphatic rings. The number of rotatable bonds is 5. The molecule has 6 heteroatoms. The highest BCUT2D eigenvalue weighted by Gasteiger charge is 2.14. The molecule has 120 valence electrons. The summed E-state index contributed by atoms with van der Waals surface area (Å²) in [6.07, 6.45) is 0. The molecule has 0 spiro atoms. The number of anilines is 1. The molecule has 3 rings (SSSR count). The van der Waals surface area contributed by atoms with Gasteiger partial charge in [-0.05, 0) is 12.1 Å². The lowest BCUT2D eigenvalue weighted by Gasteiger charge is -2.05. The van der Waals surface area contributed by atoms with E-state index in [1.165, 1.54) is 11.3 Å². The number of carbonyl (C=O) groups is 2. The van der Waals surface area contributed by atoms with Crippen molar-refractivity contribution in [2.75, 3.05) is 11.9 Å². The Balaban J connectivity index is 1.56. The molecule has 1 heterocycles. The number of benzene rings is 2. The predicted molar refractivity (Wildman–Crippen MR) is 92.9 cm³/mol. The van der Waals surface area contributed by atoms with Gasteiger partial charge in [0.05, 0.1) is 0 Å². The Bertz CT molecular complexity index is 832. The molecule has 24 heavy (non-hydrogen) atoms. The molecule has 1 amide bonds. The first-order valence-corrected chi connectivity index (χ1v) is 8.13. The lowest BCUT2D eigenvalue weighted by Crippen LogP contribution is -2.21. The number of thiazole rings is 1. The maximum atomic E-state index is 12.0. The third kappa shape index (κ3) is 4.05. The second-order valence-corrected chi connectivity index (χ2v) is 5.75. The van der Waals surface area contributed by atoms with Gasteiger partial charge in [0.15, 0.2) is 12.3 Å². The number of hydrogen-bond acceptors (Lipinski definition) is 5. The number of esters is 1. The number of ether oxygens (including phenoxy) is 1. The Morgan fingerprint density at radius 2 is 1.67 bits per heavy atom. The maximum Gasteiger partial charge on any atom is 0.358 e. The van der Waals surface area contributed by atoms with Gasteiger partial charge in [-0.1, -0.05) is 48.5 Å². The van der Waals surface area contributed by atoms with Crippen molar-refractivity contribution in [1.82, 2.24) is 4.98 Å². The van der Waals surface area contributed by atoms with Gasteiger partial charge in [0, 0.05) is 16.6 Å². The van der Waals surface area contributed by atoms with Gasteiger partial charge in [-0.15, -0.1) is 11.3 Å². The molecule has 5 nitrogen and oxygen atoms in total. The molecular weight excluding hydrogens is 324 g/mol. The quantitative estimate of drug-likeness (QED) is 0.722. The number of nitrogens with one attached hydrogen (secondary N) is 1. The lowest BCUT2D eigenvalue weighted by molar-refractivity contribution is -0.119. The zero-order chi connectivity index (χ0) is 16.8. The Kier molecular flexibility index (Phi) is 4.98. The molecule has 0 fully saturated rings. The van der Waals surface area contributed by atoms with Gasteiger partial charge >= 0.3 is 5.97 Å². The van der Waals surface area contributed by atoms with Gasteiger partial charge < -0.3 is 10.1 Å². The van der Waals surface area contributed by atoms with Crippen molar-refractivity contribution in [3.63, 3.8) is 0 Å². The molecule has 0 saturated carbocycles. The number of para-hydroxylation sites is 1. The molecule has 2 aromatic carbocycles. The van der Waals surface area contributed by atoms with Crippen molar-refractivity contribution in [2.45, 2.75) is 0 Å². The first kappa shape index (κ1) is 15.9. The second kappa shape index (κ2) is 7.52. The summed E-state index contributed by atoms with van der Waals surface area (Å²) >= 11 is 1.36. The third-order valence-corrected chi connectivity index (χ3v) is 4.02. The smallest absolute Gasteiger partial charge is 0.358 e. The summed E-state index contributed by atoms with van der Waals surface area (Å²) < 4.78 is 5.00. The van der Waals surface area contributed by atoms with E-state index in [1.54, 1.807) is 17.5 Å². The van der Waals surface area contributed by atoms with Crippen LogP contribution in [0.5, 0.6) is 0 Å². The number of amides is 1. The molecular formula is C18H14N2O3S. The summed E-state index contributed by atoms with van der Waals surface area (Å²) in [5.41, 5.74) is 1.79. The van der Waals surface area contributed by atoms with Crippen molar-refractivity contribution in [3.8, 4) is 10.6 Å². The summed E-state index contributed by atoms with van der Waals surface area (Å²) in [4.78, 5) is 28.0. The topological polar surface area (TPSA) is 68.3 Å². The average molecular weight is 338 g/mol. The summed E-state index contributed by atoms with van der Waals surface area (Å²) in [5.74, 6) is -1.01. The molecule has 0 saturated heterocycles. The van der Waals surface area contributed by atoms with Crippen molar-refractivity contribution in [3.05, 3.63) is 71.7 Å². The fourth-order valence-corrected chi connectivity index (χ4v) is 2.80. The molecule has 1 N–H and O–H groups in total. The van der Waals surface area contributed by atoms with Crippen LogP contribution in [-0.4, -0.2) is 23.5 Å². The van der Waals surface area contributed by atoms with E-state index in [1.807, 2.05) is 48.5 Å². The monoisotopic (exact) mass is 338 g/mol. The highest BCUT2D eigenvalue weighted by atomic mass is 32.1. The van der Waals surface area contributed by atoms with E-state index in [0.717, 1.165) is 10.6 Å². The third-order valence-electron chi connectivity index (χ3n) is 3.13.